The second-order valence-electron chi connectivity index (χ2n) is 5.22. The molecule has 0 amide bonds. The van der Waals surface area contributed by atoms with Crippen LogP contribution in [0.1, 0.15) is 37.1 Å². The lowest BCUT2D eigenvalue weighted by Gasteiger charge is -2.19. The van der Waals surface area contributed by atoms with Crippen LogP contribution in [0.2, 0.25) is 0 Å². The van der Waals surface area contributed by atoms with Gasteiger partial charge in [0.25, 0.3) is 0 Å². The number of hydrogen-bond acceptors (Lipinski definition) is 4. The van der Waals surface area contributed by atoms with Crippen molar-refractivity contribution in [2.24, 2.45) is 0 Å². The van der Waals surface area contributed by atoms with Gasteiger partial charge in [-0.05, 0) is 37.9 Å². The number of Topliss-reactive ketones (excluding diaryl/α,β-unsaturated/α-hetero) is 1. The Morgan fingerprint density at radius 3 is 3.00 bits per heavy atom. The van der Waals surface area contributed by atoms with Gasteiger partial charge in [-0.2, -0.15) is 0 Å². The summed E-state index contributed by atoms with van der Waals surface area (Å²) in [6, 6.07) is 6.05. The van der Waals surface area contributed by atoms with E-state index in [4.69, 9.17) is 0 Å². The van der Waals surface area contributed by atoms with Gasteiger partial charge < -0.3 is 5.32 Å². The highest BCUT2D eigenvalue weighted by molar-refractivity contribution is 7.11. The summed E-state index contributed by atoms with van der Waals surface area (Å²) in [5, 5.41) is 4.27. The molecule has 3 nitrogen and oxygen atoms in total. The monoisotopic (exact) mass is 286 g/mol. The molecule has 0 radical (unpaired) electrons. The largest absolute Gasteiger partial charge is 0.312 e. The summed E-state index contributed by atoms with van der Waals surface area (Å²) in [6.45, 7) is 5.87. The minimum absolute atomic E-state index is 0.192. The van der Waals surface area contributed by atoms with Gasteiger partial charge in [-0.15, -0.1) is 11.3 Å². The van der Waals surface area contributed by atoms with Gasteiger partial charge in [-0.3, -0.25) is 4.79 Å². The summed E-state index contributed by atoms with van der Waals surface area (Å²) in [5.41, 5.74) is 4.40. The van der Waals surface area contributed by atoms with E-state index < -0.39 is 0 Å². The lowest BCUT2D eigenvalue weighted by atomic mass is 9.92. The molecule has 1 N–H and O–H groups in total. The number of carbonyl (C=O) groups is 1. The Labute approximate surface area is 123 Å². The normalized spacial score (nSPS) is 14.1. The molecule has 20 heavy (non-hydrogen) atoms. The fourth-order valence-corrected chi connectivity index (χ4v) is 3.57. The molecule has 2 aromatic rings. The van der Waals surface area contributed by atoms with E-state index in [9.17, 15) is 4.79 Å². The highest BCUT2D eigenvalue weighted by atomic mass is 32.1. The molecule has 0 bridgehead atoms. The van der Waals surface area contributed by atoms with E-state index in [1.54, 1.807) is 11.3 Å². The number of aryl methyl sites for hydroxylation is 2. The number of carbonyl (C=O) groups excluding carboxylic acids is 1. The van der Waals surface area contributed by atoms with Gasteiger partial charge in [0.1, 0.15) is 5.01 Å². The molecule has 3 rings (SSSR count). The Morgan fingerprint density at radius 2 is 2.25 bits per heavy atom. The first-order valence-corrected chi connectivity index (χ1v) is 7.74. The number of thiazole rings is 1. The van der Waals surface area contributed by atoms with Crippen molar-refractivity contribution in [2.45, 2.75) is 33.2 Å². The van der Waals surface area contributed by atoms with Gasteiger partial charge in [0.2, 0.25) is 0 Å². The van der Waals surface area contributed by atoms with E-state index in [0.29, 0.717) is 6.42 Å². The molecule has 104 valence electrons. The van der Waals surface area contributed by atoms with Gasteiger partial charge >= 0.3 is 0 Å². The minimum Gasteiger partial charge on any atom is -0.312 e. The Kier molecular flexibility index (Phi) is 3.68. The number of ketones is 1. The topological polar surface area (TPSA) is 42.0 Å². The molecule has 1 aromatic carbocycles. The maximum absolute atomic E-state index is 12.6. The molecule has 1 aliphatic rings. The predicted molar refractivity (Wildman–Crippen MR) is 81.5 cm³/mol. The van der Waals surface area contributed by atoms with E-state index in [1.807, 2.05) is 19.1 Å². The number of benzene rings is 1. The number of aromatic nitrogens is 1. The van der Waals surface area contributed by atoms with Gasteiger partial charge in [0.05, 0.1) is 12.1 Å². The van der Waals surface area contributed by atoms with Gasteiger partial charge in [-0.1, -0.05) is 18.2 Å². The Bertz CT molecular complexity index is 641. The SMILES string of the molecule is Cc1nc(CC(=O)c2cccc3c2CCNC3)sc1C. The van der Waals surface area contributed by atoms with Crippen molar-refractivity contribution in [1.29, 1.82) is 0 Å². The van der Waals surface area contributed by atoms with Crippen molar-refractivity contribution in [3.05, 3.63) is 50.5 Å². The van der Waals surface area contributed by atoms with Crippen LogP contribution in [0, 0.1) is 13.8 Å². The molecule has 1 aromatic heterocycles. The summed E-state index contributed by atoms with van der Waals surface area (Å²) in [7, 11) is 0. The summed E-state index contributed by atoms with van der Waals surface area (Å²) in [4.78, 5) is 18.2. The van der Waals surface area contributed by atoms with E-state index in [1.165, 1.54) is 16.0 Å². The fourth-order valence-electron chi connectivity index (χ4n) is 2.64. The van der Waals surface area contributed by atoms with Crippen molar-refractivity contribution in [3.8, 4) is 0 Å². The number of nitrogens with zero attached hydrogens (tertiary/aromatic N) is 1. The van der Waals surface area contributed by atoms with Crippen LogP contribution in [0.4, 0.5) is 0 Å². The average Bonchev–Trinajstić information content (AvgIpc) is 2.76. The van der Waals surface area contributed by atoms with Crippen molar-refractivity contribution >= 4 is 17.1 Å². The zero-order chi connectivity index (χ0) is 14.1. The van der Waals surface area contributed by atoms with Crippen LogP contribution in [0.5, 0.6) is 0 Å². The molecule has 0 spiro atoms. The van der Waals surface area contributed by atoms with Crippen LogP contribution < -0.4 is 5.32 Å². The van der Waals surface area contributed by atoms with Crippen LogP contribution in [0.15, 0.2) is 18.2 Å². The van der Waals surface area contributed by atoms with Crippen LogP contribution in [0.25, 0.3) is 0 Å². The van der Waals surface area contributed by atoms with Gasteiger partial charge in [-0.25, -0.2) is 4.98 Å². The number of rotatable bonds is 3. The van der Waals surface area contributed by atoms with Crippen LogP contribution in [0.3, 0.4) is 0 Å². The zero-order valence-electron chi connectivity index (χ0n) is 11.8. The molecule has 4 heteroatoms. The first-order valence-electron chi connectivity index (χ1n) is 6.92. The predicted octanol–water partition coefficient (Wildman–Crippen LogP) is 2.83. The third-order valence-electron chi connectivity index (χ3n) is 3.83. The smallest absolute Gasteiger partial charge is 0.169 e. The number of hydrogen-bond donors (Lipinski definition) is 1. The molecule has 0 saturated carbocycles. The molecular formula is C16H18N2OS. The molecule has 0 atom stereocenters. The van der Waals surface area contributed by atoms with E-state index >= 15 is 0 Å². The molecular weight excluding hydrogens is 268 g/mol. The van der Waals surface area contributed by atoms with E-state index in [0.717, 1.165) is 35.8 Å². The van der Waals surface area contributed by atoms with Gasteiger partial charge in [0, 0.05) is 17.0 Å². The fraction of sp³-hybridized carbons (Fsp3) is 0.375. The number of fused-ring (bicyclic) bond motifs is 1. The third kappa shape index (κ3) is 2.53. The van der Waals surface area contributed by atoms with E-state index in [2.05, 4.69) is 23.3 Å². The van der Waals surface area contributed by atoms with Crippen molar-refractivity contribution in [2.75, 3.05) is 6.54 Å². The molecule has 0 saturated heterocycles. The minimum atomic E-state index is 0.192. The lowest BCUT2D eigenvalue weighted by molar-refractivity contribution is 0.0991. The third-order valence-corrected chi connectivity index (χ3v) is 4.90. The maximum Gasteiger partial charge on any atom is 0.169 e. The molecule has 0 unspecified atom stereocenters. The molecule has 1 aliphatic heterocycles. The molecule has 0 fully saturated rings. The van der Waals surface area contributed by atoms with Crippen LogP contribution in [-0.4, -0.2) is 17.3 Å². The summed E-state index contributed by atoms with van der Waals surface area (Å²) >= 11 is 1.63. The number of nitrogens with one attached hydrogen (secondary N) is 1. The maximum atomic E-state index is 12.6. The average molecular weight is 286 g/mol. The Balaban J connectivity index is 1.87. The standard InChI is InChI=1S/C16H18N2OS/c1-10-11(2)20-16(18-10)8-15(19)14-5-3-4-12-9-17-7-6-13(12)14/h3-5,17H,6-9H2,1-2H3. The zero-order valence-corrected chi connectivity index (χ0v) is 12.6. The highest BCUT2D eigenvalue weighted by Crippen LogP contribution is 2.22. The first kappa shape index (κ1) is 13.5. The van der Waals surface area contributed by atoms with Crippen molar-refractivity contribution < 1.29 is 4.79 Å². The van der Waals surface area contributed by atoms with Crippen LogP contribution >= 0.6 is 11.3 Å². The first-order chi connectivity index (χ1) is 9.65. The molecule has 2 heterocycles. The van der Waals surface area contributed by atoms with E-state index in [-0.39, 0.29) is 5.78 Å². The second kappa shape index (κ2) is 5.46. The van der Waals surface area contributed by atoms with Crippen molar-refractivity contribution in [1.82, 2.24) is 10.3 Å². The molecule has 0 aliphatic carbocycles. The summed E-state index contributed by atoms with van der Waals surface area (Å²) in [5.74, 6) is 0.192. The second-order valence-corrected chi connectivity index (χ2v) is 6.51. The Hall–Kier alpha value is -1.52. The van der Waals surface area contributed by atoms with Gasteiger partial charge in [0.15, 0.2) is 5.78 Å². The highest BCUT2D eigenvalue weighted by Gasteiger charge is 2.18. The lowest BCUT2D eigenvalue weighted by Crippen LogP contribution is -2.25. The summed E-state index contributed by atoms with van der Waals surface area (Å²) < 4.78 is 0. The van der Waals surface area contributed by atoms with Crippen molar-refractivity contribution in [3.63, 3.8) is 0 Å². The Morgan fingerprint density at radius 1 is 1.40 bits per heavy atom. The summed E-state index contributed by atoms with van der Waals surface area (Å²) in [6.07, 6.45) is 1.36. The quantitative estimate of drug-likeness (QED) is 0.882. The van der Waals surface area contributed by atoms with Crippen LogP contribution in [-0.2, 0) is 19.4 Å².